The number of benzene rings is 3. The maximum atomic E-state index is 6.39. The monoisotopic (exact) mass is 522 g/mol. The van der Waals surface area contributed by atoms with Crippen LogP contribution in [-0.2, 0) is 0 Å². The van der Waals surface area contributed by atoms with Crippen molar-refractivity contribution in [2.45, 2.75) is 0 Å². The second-order valence-electron chi connectivity index (χ2n) is 7.82. The highest BCUT2D eigenvalue weighted by molar-refractivity contribution is 5.75. The van der Waals surface area contributed by atoms with Gasteiger partial charge in [-0.15, -0.1) is 0 Å². The average molecular weight is 522 g/mol. The molecule has 3 nitrogen and oxygen atoms in total. The smallest absolute Gasteiger partial charge is 0.361 e. The maximum Gasteiger partial charge on any atom is 0.361 e. The summed E-state index contributed by atoms with van der Waals surface area (Å²) < 4.78 is 6.39. The molecule has 158 valence electrons. The summed E-state index contributed by atoms with van der Waals surface area (Å²) >= 11 is 0. The van der Waals surface area contributed by atoms with Crippen molar-refractivity contribution in [3.63, 3.8) is 0 Å². The van der Waals surface area contributed by atoms with Crippen LogP contribution in [0.4, 0.5) is 11.4 Å². The third-order valence-electron chi connectivity index (χ3n) is 5.24. The molecule has 0 aliphatic rings. The Morgan fingerprint density at radius 3 is 1.29 bits per heavy atom. The molecule has 0 atom stereocenters. The highest BCUT2D eigenvalue weighted by Gasteiger charge is 2.21. The van der Waals surface area contributed by atoms with E-state index in [4.69, 9.17) is 4.42 Å². The third-order valence-corrected chi connectivity index (χ3v) is 5.24. The molecule has 4 aromatic rings. The minimum absolute atomic E-state index is 0. The zero-order valence-electron chi connectivity index (χ0n) is 18.3. The quantitative estimate of drug-likeness (QED) is 0.294. The molecule has 0 bridgehead atoms. The Labute approximate surface area is 202 Å². The first-order chi connectivity index (χ1) is 14.5. The van der Waals surface area contributed by atoms with E-state index < -0.39 is 0 Å². The average Bonchev–Trinajstić information content (AvgIpc) is 2.79. The Bertz CT molecular complexity index is 1050. The Morgan fingerprint density at radius 1 is 0.484 bits per heavy atom. The predicted molar refractivity (Wildman–Crippen MR) is 128 cm³/mol. The summed E-state index contributed by atoms with van der Waals surface area (Å²) in [4.78, 5) is 4.19. The van der Waals surface area contributed by atoms with E-state index in [2.05, 4.69) is 94.7 Å². The topological polar surface area (TPSA) is 17.8 Å². The van der Waals surface area contributed by atoms with E-state index in [-0.39, 0.29) is 24.0 Å². The Hall–Kier alpha value is -2.86. The van der Waals surface area contributed by atoms with Gasteiger partial charge in [0.05, 0.1) is 23.3 Å². The van der Waals surface area contributed by atoms with Crippen molar-refractivity contribution in [1.82, 2.24) is 0 Å². The van der Waals surface area contributed by atoms with Gasteiger partial charge in [-0.05, 0) is 54.1 Å². The van der Waals surface area contributed by atoms with Gasteiger partial charge in [0.2, 0.25) is 0 Å². The minimum Gasteiger partial charge on any atom is -1.00 e. The van der Waals surface area contributed by atoms with Crippen molar-refractivity contribution in [1.29, 1.82) is 0 Å². The lowest BCUT2D eigenvalue weighted by atomic mass is 10.0. The summed E-state index contributed by atoms with van der Waals surface area (Å²) in [5, 5.41) is 0. The molecule has 0 aliphatic heterocycles. The van der Waals surface area contributed by atoms with Gasteiger partial charge in [-0.1, -0.05) is 30.3 Å². The van der Waals surface area contributed by atoms with Gasteiger partial charge < -0.3 is 33.8 Å². The summed E-state index contributed by atoms with van der Waals surface area (Å²) in [5.74, 6) is 1.71. The van der Waals surface area contributed by atoms with Gasteiger partial charge in [0, 0.05) is 45.1 Å². The number of halogens is 1. The summed E-state index contributed by atoms with van der Waals surface area (Å²) in [6, 6.07) is 31.6. The fraction of sp³-hybridized carbons (Fsp3) is 0.148. The Balaban J connectivity index is 0.00000272. The minimum atomic E-state index is 0. The van der Waals surface area contributed by atoms with Crippen LogP contribution in [-0.4, -0.2) is 28.2 Å². The van der Waals surface area contributed by atoms with Crippen LogP contribution in [0.3, 0.4) is 0 Å². The van der Waals surface area contributed by atoms with E-state index in [0.717, 1.165) is 39.6 Å². The normalized spacial score (nSPS) is 10.3. The van der Waals surface area contributed by atoms with Crippen LogP contribution in [0.5, 0.6) is 0 Å². The Morgan fingerprint density at radius 2 is 0.903 bits per heavy atom. The van der Waals surface area contributed by atoms with Crippen molar-refractivity contribution in [2.24, 2.45) is 0 Å². The molecule has 1 heterocycles. The van der Waals surface area contributed by atoms with Crippen molar-refractivity contribution in [3.05, 3.63) is 91.0 Å². The molecule has 0 radical (unpaired) electrons. The lowest BCUT2D eigenvalue weighted by Crippen LogP contribution is -3.00. The lowest BCUT2D eigenvalue weighted by molar-refractivity contribution is -0.00000652. The zero-order valence-corrected chi connectivity index (χ0v) is 20.5. The fourth-order valence-electron chi connectivity index (χ4n) is 3.43. The third kappa shape index (κ3) is 5.25. The molecule has 0 unspecified atom stereocenters. The molecule has 31 heavy (non-hydrogen) atoms. The molecular weight excluding hydrogens is 495 g/mol. The molecule has 0 amide bonds. The van der Waals surface area contributed by atoms with Gasteiger partial charge in [0.1, 0.15) is 0 Å². The first-order valence-corrected chi connectivity index (χ1v) is 10.1. The molecule has 0 N–H and O–H groups in total. The summed E-state index contributed by atoms with van der Waals surface area (Å²) in [6.45, 7) is 0. The van der Waals surface area contributed by atoms with E-state index in [1.807, 2.05) is 34.3 Å². The molecular formula is C27H27IN2O. The van der Waals surface area contributed by atoms with Crippen LogP contribution < -0.4 is 33.8 Å². The summed E-state index contributed by atoms with van der Waals surface area (Å²) in [5.41, 5.74) is 6.76. The highest BCUT2D eigenvalue weighted by atomic mass is 127. The SMILES string of the molecule is CN(C)c1ccc(-c2cc(-c3ccccc3)cc(-c3ccc(N(C)C)cc3)[o+]2)cc1.[I-]. The van der Waals surface area contributed by atoms with Crippen molar-refractivity contribution in [3.8, 4) is 33.8 Å². The first-order valence-electron chi connectivity index (χ1n) is 10.1. The zero-order chi connectivity index (χ0) is 21.1. The van der Waals surface area contributed by atoms with Gasteiger partial charge >= 0.3 is 11.5 Å². The molecule has 3 aromatic carbocycles. The van der Waals surface area contributed by atoms with E-state index >= 15 is 0 Å². The van der Waals surface area contributed by atoms with E-state index in [1.54, 1.807) is 0 Å². The van der Waals surface area contributed by atoms with Crippen LogP contribution in [0.15, 0.2) is 95.4 Å². The first kappa shape index (κ1) is 22.8. The van der Waals surface area contributed by atoms with Crippen LogP contribution in [0, 0.1) is 0 Å². The Kier molecular flexibility index (Phi) is 7.33. The molecule has 4 heteroatoms. The lowest BCUT2D eigenvalue weighted by Gasteiger charge is -2.12. The molecule has 1 aromatic heterocycles. The van der Waals surface area contributed by atoms with Crippen molar-refractivity contribution >= 4 is 11.4 Å². The van der Waals surface area contributed by atoms with Gasteiger partial charge in [-0.3, -0.25) is 0 Å². The van der Waals surface area contributed by atoms with Crippen LogP contribution in [0.2, 0.25) is 0 Å². The predicted octanol–water partition coefficient (Wildman–Crippen LogP) is 3.70. The van der Waals surface area contributed by atoms with Gasteiger partial charge in [0.25, 0.3) is 0 Å². The van der Waals surface area contributed by atoms with Crippen LogP contribution in [0.25, 0.3) is 33.8 Å². The van der Waals surface area contributed by atoms with Crippen molar-refractivity contribution < 1.29 is 28.4 Å². The standard InChI is InChI=1S/C27H27N2O.HI/c1-28(2)24-14-10-21(11-15-24)26-18-23(20-8-6-5-7-9-20)19-27(30-26)22-12-16-25(17-13-22)29(3)4;/h5-19H,1-4H3;1H/q+1;/p-1. The number of hydrogen-bond acceptors (Lipinski definition) is 2. The largest absolute Gasteiger partial charge is 1.00 e. The maximum absolute atomic E-state index is 6.39. The highest BCUT2D eigenvalue weighted by Crippen LogP contribution is 2.34. The summed E-state index contributed by atoms with van der Waals surface area (Å²) in [7, 11) is 8.19. The van der Waals surface area contributed by atoms with Gasteiger partial charge in [0.15, 0.2) is 0 Å². The molecule has 0 fully saturated rings. The van der Waals surface area contributed by atoms with E-state index in [9.17, 15) is 0 Å². The van der Waals surface area contributed by atoms with E-state index in [0.29, 0.717) is 0 Å². The fourth-order valence-corrected chi connectivity index (χ4v) is 3.43. The van der Waals surface area contributed by atoms with E-state index in [1.165, 1.54) is 5.56 Å². The van der Waals surface area contributed by atoms with Gasteiger partial charge in [-0.25, -0.2) is 4.42 Å². The molecule has 0 aliphatic carbocycles. The van der Waals surface area contributed by atoms with Crippen LogP contribution in [0.1, 0.15) is 0 Å². The van der Waals surface area contributed by atoms with Crippen LogP contribution >= 0.6 is 0 Å². The van der Waals surface area contributed by atoms with Gasteiger partial charge in [-0.2, -0.15) is 0 Å². The molecule has 4 rings (SSSR count). The number of hydrogen-bond donors (Lipinski definition) is 0. The molecule has 0 saturated heterocycles. The number of nitrogens with zero attached hydrogens (tertiary/aromatic N) is 2. The number of anilines is 2. The number of rotatable bonds is 5. The second kappa shape index (κ2) is 9.96. The van der Waals surface area contributed by atoms with Crippen molar-refractivity contribution in [2.75, 3.05) is 38.0 Å². The second-order valence-corrected chi connectivity index (χ2v) is 7.82. The summed E-state index contributed by atoms with van der Waals surface area (Å²) in [6.07, 6.45) is 0. The molecule has 0 saturated carbocycles. The molecule has 0 spiro atoms.